The van der Waals surface area contributed by atoms with Crippen LogP contribution in [0, 0.1) is 0 Å². The van der Waals surface area contributed by atoms with Crippen LogP contribution in [0.2, 0.25) is 0 Å². The number of rotatable bonds is 6. The largest absolute Gasteiger partial charge is 0.468 e. The minimum absolute atomic E-state index is 0.193. The van der Waals surface area contributed by atoms with Gasteiger partial charge in [0.15, 0.2) is 0 Å². The van der Waals surface area contributed by atoms with Gasteiger partial charge in [-0.05, 0) is 6.42 Å². The molecule has 0 aliphatic heterocycles. The zero-order chi connectivity index (χ0) is 12.7. The van der Waals surface area contributed by atoms with E-state index in [2.05, 4.69) is 26.9 Å². The van der Waals surface area contributed by atoms with Crippen molar-refractivity contribution in [3.05, 3.63) is 6.07 Å². The van der Waals surface area contributed by atoms with Crippen LogP contribution in [0.5, 0.6) is 0 Å². The third-order valence-corrected chi connectivity index (χ3v) is 2.73. The first kappa shape index (κ1) is 13.6. The Balaban J connectivity index is 2.65. The van der Waals surface area contributed by atoms with E-state index in [9.17, 15) is 4.79 Å². The third kappa shape index (κ3) is 4.90. The van der Waals surface area contributed by atoms with Crippen molar-refractivity contribution in [2.45, 2.75) is 18.4 Å². The molecule has 17 heavy (non-hydrogen) atoms. The van der Waals surface area contributed by atoms with Crippen LogP contribution in [0.3, 0.4) is 0 Å². The van der Waals surface area contributed by atoms with Gasteiger partial charge in [-0.1, -0.05) is 18.7 Å². The molecule has 0 saturated carbocycles. The Morgan fingerprint density at radius 1 is 1.59 bits per heavy atom. The number of methoxy groups -OCH3 is 1. The summed E-state index contributed by atoms with van der Waals surface area (Å²) in [5.74, 6) is 0.778. The zero-order valence-corrected chi connectivity index (χ0v) is 10.7. The Kier molecular flexibility index (Phi) is 5.55. The van der Waals surface area contributed by atoms with Gasteiger partial charge in [-0.3, -0.25) is 4.79 Å². The summed E-state index contributed by atoms with van der Waals surface area (Å²) in [5, 5.41) is 3.77. The molecule has 7 heteroatoms. The van der Waals surface area contributed by atoms with Crippen LogP contribution >= 0.6 is 11.8 Å². The first-order valence-electron chi connectivity index (χ1n) is 5.23. The minimum atomic E-state index is -0.296. The van der Waals surface area contributed by atoms with E-state index in [0.717, 1.165) is 13.0 Å². The van der Waals surface area contributed by atoms with Crippen LogP contribution in [-0.2, 0) is 9.53 Å². The fourth-order valence-electron chi connectivity index (χ4n) is 1.05. The molecule has 1 aromatic heterocycles. The normalized spacial score (nSPS) is 10.0. The number of nitrogen functional groups attached to an aromatic ring is 1. The maximum Gasteiger partial charge on any atom is 0.316 e. The highest BCUT2D eigenvalue weighted by Crippen LogP contribution is 2.19. The summed E-state index contributed by atoms with van der Waals surface area (Å²) in [6, 6.07) is 1.76. The number of carbonyl (C=O) groups excluding carboxylic acids is 1. The number of carbonyl (C=O) groups is 1. The summed E-state index contributed by atoms with van der Waals surface area (Å²) >= 11 is 1.27. The molecule has 1 heterocycles. The second-order valence-electron chi connectivity index (χ2n) is 3.24. The van der Waals surface area contributed by atoms with Gasteiger partial charge in [-0.15, -0.1) is 0 Å². The van der Waals surface area contributed by atoms with Crippen LogP contribution < -0.4 is 11.1 Å². The molecule has 0 saturated heterocycles. The summed E-state index contributed by atoms with van der Waals surface area (Å²) in [5.41, 5.74) is 5.58. The molecule has 1 rings (SSSR count). The van der Waals surface area contributed by atoms with Crippen molar-refractivity contribution in [2.24, 2.45) is 0 Å². The highest BCUT2D eigenvalue weighted by Gasteiger charge is 2.06. The molecule has 1 aromatic rings. The number of anilines is 2. The van der Waals surface area contributed by atoms with Crippen LogP contribution in [-0.4, -0.2) is 35.3 Å². The van der Waals surface area contributed by atoms with Crippen LogP contribution in [0.4, 0.5) is 11.8 Å². The van der Waals surface area contributed by atoms with Crippen molar-refractivity contribution in [2.75, 3.05) is 30.5 Å². The molecule has 0 unspecified atom stereocenters. The highest BCUT2D eigenvalue weighted by atomic mass is 32.2. The van der Waals surface area contributed by atoms with E-state index >= 15 is 0 Å². The summed E-state index contributed by atoms with van der Waals surface area (Å²) in [4.78, 5) is 19.1. The molecular weight excluding hydrogens is 240 g/mol. The number of thioether (sulfide) groups is 1. The first-order valence-corrected chi connectivity index (χ1v) is 6.22. The van der Waals surface area contributed by atoms with Gasteiger partial charge in [-0.2, -0.15) is 4.98 Å². The van der Waals surface area contributed by atoms with Crippen molar-refractivity contribution in [3.8, 4) is 0 Å². The number of esters is 1. The maximum absolute atomic E-state index is 11.0. The standard InChI is InChI=1S/C10H16N4O2S/c1-3-4-12-7-5-8(14-10(11)13-7)17-6-9(15)16-2/h5H,3-4,6H2,1-2H3,(H3,11,12,13,14). The zero-order valence-electron chi connectivity index (χ0n) is 9.90. The monoisotopic (exact) mass is 256 g/mol. The van der Waals surface area contributed by atoms with E-state index in [1.165, 1.54) is 18.9 Å². The Hall–Kier alpha value is -1.50. The van der Waals surface area contributed by atoms with Gasteiger partial charge in [-0.25, -0.2) is 4.98 Å². The van der Waals surface area contributed by atoms with E-state index in [0.29, 0.717) is 10.8 Å². The predicted octanol–water partition coefficient (Wildman–Crippen LogP) is 1.15. The topological polar surface area (TPSA) is 90.1 Å². The molecule has 0 aromatic carbocycles. The molecule has 0 radical (unpaired) electrons. The van der Waals surface area contributed by atoms with Gasteiger partial charge in [0, 0.05) is 12.6 Å². The number of hydrogen-bond donors (Lipinski definition) is 2. The fraction of sp³-hybridized carbons (Fsp3) is 0.500. The number of nitrogens with two attached hydrogens (primary N) is 1. The molecule has 0 atom stereocenters. The quantitative estimate of drug-likeness (QED) is 0.448. The summed E-state index contributed by atoms with van der Waals surface area (Å²) in [7, 11) is 1.35. The average molecular weight is 256 g/mol. The van der Waals surface area contributed by atoms with E-state index in [1.807, 2.05) is 0 Å². The number of ether oxygens (including phenoxy) is 1. The first-order chi connectivity index (χ1) is 8.15. The molecule has 0 amide bonds. The van der Waals surface area contributed by atoms with Gasteiger partial charge in [0.25, 0.3) is 0 Å². The molecule has 94 valence electrons. The van der Waals surface area contributed by atoms with Gasteiger partial charge < -0.3 is 15.8 Å². The van der Waals surface area contributed by atoms with Gasteiger partial charge >= 0.3 is 5.97 Å². The number of nitrogens with one attached hydrogen (secondary N) is 1. The number of nitrogens with zero attached hydrogens (tertiary/aromatic N) is 2. The van der Waals surface area contributed by atoms with Gasteiger partial charge in [0.05, 0.1) is 12.9 Å². The van der Waals surface area contributed by atoms with E-state index in [-0.39, 0.29) is 17.7 Å². The van der Waals surface area contributed by atoms with E-state index in [1.54, 1.807) is 6.07 Å². The van der Waals surface area contributed by atoms with Crippen molar-refractivity contribution in [1.29, 1.82) is 0 Å². The molecule has 6 nitrogen and oxygen atoms in total. The summed E-state index contributed by atoms with van der Waals surface area (Å²) < 4.78 is 4.55. The Labute approximate surface area is 104 Å². The van der Waals surface area contributed by atoms with Crippen molar-refractivity contribution >= 4 is 29.5 Å². The van der Waals surface area contributed by atoms with Crippen molar-refractivity contribution in [1.82, 2.24) is 9.97 Å². The summed E-state index contributed by atoms with van der Waals surface area (Å²) in [6.07, 6.45) is 0.995. The maximum atomic E-state index is 11.0. The molecule has 3 N–H and O–H groups in total. The lowest BCUT2D eigenvalue weighted by Crippen LogP contribution is -2.07. The van der Waals surface area contributed by atoms with Gasteiger partial charge in [0.1, 0.15) is 10.8 Å². The van der Waals surface area contributed by atoms with Crippen molar-refractivity contribution in [3.63, 3.8) is 0 Å². The third-order valence-electron chi connectivity index (χ3n) is 1.84. The van der Waals surface area contributed by atoms with E-state index in [4.69, 9.17) is 5.73 Å². The minimum Gasteiger partial charge on any atom is -0.468 e. The molecule has 0 fully saturated rings. The molecule has 0 aliphatic carbocycles. The summed E-state index contributed by atoms with van der Waals surface area (Å²) in [6.45, 7) is 2.88. The van der Waals surface area contributed by atoms with Gasteiger partial charge in [0.2, 0.25) is 5.95 Å². The second kappa shape index (κ2) is 6.95. The Morgan fingerprint density at radius 3 is 3.00 bits per heavy atom. The van der Waals surface area contributed by atoms with E-state index < -0.39 is 0 Å². The Bertz CT molecular complexity index is 387. The average Bonchev–Trinajstić information content (AvgIpc) is 2.32. The predicted molar refractivity (Wildman–Crippen MR) is 68.0 cm³/mol. The Morgan fingerprint density at radius 2 is 2.35 bits per heavy atom. The lowest BCUT2D eigenvalue weighted by Gasteiger charge is -2.06. The fourth-order valence-corrected chi connectivity index (χ4v) is 1.79. The number of aromatic nitrogens is 2. The molecular formula is C10H16N4O2S. The lowest BCUT2D eigenvalue weighted by atomic mass is 10.4. The number of hydrogen-bond acceptors (Lipinski definition) is 7. The smallest absolute Gasteiger partial charge is 0.316 e. The van der Waals surface area contributed by atoms with Crippen LogP contribution in [0.1, 0.15) is 13.3 Å². The second-order valence-corrected chi connectivity index (χ2v) is 4.24. The lowest BCUT2D eigenvalue weighted by molar-refractivity contribution is -0.137. The van der Waals surface area contributed by atoms with Crippen LogP contribution in [0.15, 0.2) is 11.1 Å². The highest BCUT2D eigenvalue weighted by molar-refractivity contribution is 7.99. The SMILES string of the molecule is CCCNc1cc(SCC(=O)OC)nc(N)n1. The van der Waals surface area contributed by atoms with Crippen molar-refractivity contribution < 1.29 is 9.53 Å². The van der Waals surface area contributed by atoms with Crippen LogP contribution in [0.25, 0.3) is 0 Å². The molecule has 0 aliphatic rings. The molecule has 0 bridgehead atoms. The molecule has 0 spiro atoms.